The third kappa shape index (κ3) is 1.68. The lowest BCUT2D eigenvalue weighted by Crippen LogP contribution is -2.14. The summed E-state index contributed by atoms with van der Waals surface area (Å²) in [5, 5.41) is 9.72. The highest BCUT2D eigenvalue weighted by Gasteiger charge is 2.25. The van der Waals surface area contributed by atoms with Gasteiger partial charge in [0.05, 0.1) is 13.7 Å². The first-order valence-corrected chi connectivity index (χ1v) is 4.74. The van der Waals surface area contributed by atoms with Crippen LogP contribution in [0.2, 0.25) is 0 Å². The number of rotatable bonds is 2. The molecule has 0 saturated heterocycles. The number of carbonyl (C=O) groups is 1. The first-order chi connectivity index (χ1) is 7.24. The fourth-order valence-corrected chi connectivity index (χ4v) is 1.74. The number of ether oxygens (including phenoxy) is 2. The Morgan fingerprint density at radius 2 is 2.40 bits per heavy atom. The first kappa shape index (κ1) is 9.98. The molecule has 0 fully saturated rings. The van der Waals surface area contributed by atoms with Crippen molar-refractivity contribution in [2.24, 2.45) is 0 Å². The second-order valence-electron chi connectivity index (χ2n) is 3.35. The van der Waals surface area contributed by atoms with Crippen LogP contribution in [-0.2, 0) is 16.0 Å². The van der Waals surface area contributed by atoms with Crippen LogP contribution in [0.25, 0.3) is 0 Å². The number of methoxy groups -OCH3 is 1. The fourth-order valence-electron chi connectivity index (χ4n) is 1.74. The summed E-state index contributed by atoms with van der Waals surface area (Å²) >= 11 is 0. The molecule has 0 aromatic heterocycles. The summed E-state index contributed by atoms with van der Waals surface area (Å²) in [7, 11) is 1.26. The molecule has 1 atom stereocenters. The Labute approximate surface area is 87.4 Å². The number of aliphatic hydroxyl groups excluding tert-OH is 1. The number of fused-ring (bicyclic) bond motifs is 1. The molecule has 0 saturated carbocycles. The lowest BCUT2D eigenvalue weighted by Gasteiger charge is -2.11. The molecule has 1 aliphatic rings. The van der Waals surface area contributed by atoms with E-state index in [1.807, 2.05) is 6.07 Å². The van der Waals surface area contributed by atoms with Gasteiger partial charge in [-0.2, -0.15) is 0 Å². The monoisotopic (exact) mass is 208 g/mol. The van der Waals surface area contributed by atoms with Gasteiger partial charge in [-0.05, 0) is 11.6 Å². The normalized spacial score (nSPS) is 15.3. The van der Waals surface area contributed by atoms with E-state index in [9.17, 15) is 9.90 Å². The van der Waals surface area contributed by atoms with Gasteiger partial charge >= 0.3 is 5.97 Å². The molecule has 0 spiro atoms. The minimum Gasteiger partial charge on any atom is -0.493 e. The van der Waals surface area contributed by atoms with Crippen molar-refractivity contribution in [2.45, 2.75) is 12.5 Å². The summed E-state index contributed by atoms with van der Waals surface area (Å²) in [5.74, 6) is 0.103. The van der Waals surface area contributed by atoms with E-state index in [1.54, 1.807) is 12.1 Å². The van der Waals surface area contributed by atoms with Crippen LogP contribution in [0.5, 0.6) is 5.75 Å². The van der Waals surface area contributed by atoms with Crippen molar-refractivity contribution in [3.8, 4) is 5.75 Å². The molecule has 4 nitrogen and oxygen atoms in total. The predicted octanol–water partition coefficient (Wildman–Crippen LogP) is 0.828. The largest absolute Gasteiger partial charge is 0.493 e. The van der Waals surface area contributed by atoms with Crippen LogP contribution < -0.4 is 4.74 Å². The van der Waals surface area contributed by atoms with Crippen molar-refractivity contribution in [2.75, 3.05) is 13.7 Å². The van der Waals surface area contributed by atoms with Gasteiger partial charge in [0.2, 0.25) is 0 Å². The number of aliphatic hydroxyl groups is 1. The summed E-state index contributed by atoms with van der Waals surface area (Å²) < 4.78 is 9.84. The van der Waals surface area contributed by atoms with Crippen LogP contribution in [0.15, 0.2) is 18.2 Å². The van der Waals surface area contributed by atoms with Crippen molar-refractivity contribution in [1.29, 1.82) is 0 Å². The van der Waals surface area contributed by atoms with Crippen molar-refractivity contribution < 1.29 is 19.4 Å². The molecule has 0 aliphatic carbocycles. The smallest absolute Gasteiger partial charge is 0.339 e. The molecule has 0 bridgehead atoms. The van der Waals surface area contributed by atoms with Gasteiger partial charge in [-0.1, -0.05) is 12.1 Å². The highest BCUT2D eigenvalue weighted by atomic mass is 16.5. The van der Waals surface area contributed by atoms with Crippen molar-refractivity contribution in [3.63, 3.8) is 0 Å². The Morgan fingerprint density at radius 3 is 3.13 bits per heavy atom. The number of benzene rings is 1. The molecular formula is C11H12O4. The van der Waals surface area contributed by atoms with E-state index in [1.165, 1.54) is 7.11 Å². The van der Waals surface area contributed by atoms with E-state index in [-0.39, 0.29) is 0 Å². The van der Waals surface area contributed by atoms with E-state index in [0.717, 1.165) is 17.7 Å². The van der Waals surface area contributed by atoms with Crippen LogP contribution in [-0.4, -0.2) is 24.8 Å². The molecular weight excluding hydrogens is 196 g/mol. The minimum absolute atomic E-state index is 0.580. The summed E-state index contributed by atoms with van der Waals surface area (Å²) in [6.45, 7) is 0.597. The molecule has 0 amide bonds. The standard InChI is InChI=1S/C11H12O4/c1-14-11(13)10(12)8-3-2-4-9-7(8)5-6-15-9/h2-4,10,12H,5-6H2,1H3. The van der Waals surface area contributed by atoms with E-state index >= 15 is 0 Å². The minimum atomic E-state index is -1.22. The van der Waals surface area contributed by atoms with Gasteiger partial charge in [-0.3, -0.25) is 0 Å². The van der Waals surface area contributed by atoms with Crippen LogP contribution in [0.1, 0.15) is 17.2 Å². The number of hydrogen-bond donors (Lipinski definition) is 1. The maximum absolute atomic E-state index is 11.2. The highest BCUT2D eigenvalue weighted by molar-refractivity contribution is 5.77. The Bertz CT molecular complexity index is 386. The number of carbonyl (C=O) groups excluding carboxylic acids is 1. The topological polar surface area (TPSA) is 55.8 Å². The van der Waals surface area contributed by atoms with Gasteiger partial charge in [0, 0.05) is 12.0 Å². The Morgan fingerprint density at radius 1 is 1.60 bits per heavy atom. The van der Waals surface area contributed by atoms with E-state index in [4.69, 9.17) is 4.74 Å². The molecule has 2 rings (SSSR count). The molecule has 1 unspecified atom stereocenters. The Hall–Kier alpha value is -1.55. The van der Waals surface area contributed by atoms with Gasteiger partial charge < -0.3 is 14.6 Å². The second-order valence-corrected chi connectivity index (χ2v) is 3.35. The third-order valence-corrected chi connectivity index (χ3v) is 2.50. The molecule has 1 aliphatic heterocycles. The maximum atomic E-state index is 11.2. The molecule has 1 aromatic carbocycles. The van der Waals surface area contributed by atoms with Crippen molar-refractivity contribution in [1.82, 2.24) is 0 Å². The fraction of sp³-hybridized carbons (Fsp3) is 0.364. The highest BCUT2D eigenvalue weighted by Crippen LogP contribution is 2.31. The SMILES string of the molecule is COC(=O)C(O)c1cccc2c1CCO2. The molecule has 4 heteroatoms. The Balaban J connectivity index is 2.36. The van der Waals surface area contributed by atoms with Crippen LogP contribution in [0.4, 0.5) is 0 Å². The van der Waals surface area contributed by atoms with Crippen LogP contribution in [0, 0.1) is 0 Å². The molecule has 80 valence electrons. The van der Waals surface area contributed by atoms with Gasteiger partial charge in [-0.25, -0.2) is 4.79 Å². The average molecular weight is 208 g/mol. The lowest BCUT2D eigenvalue weighted by molar-refractivity contribution is -0.150. The van der Waals surface area contributed by atoms with E-state index < -0.39 is 12.1 Å². The maximum Gasteiger partial charge on any atom is 0.339 e. The number of esters is 1. The van der Waals surface area contributed by atoms with Gasteiger partial charge in [0.25, 0.3) is 0 Å². The molecule has 1 N–H and O–H groups in total. The molecule has 0 radical (unpaired) electrons. The summed E-state index contributed by atoms with van der Waals surface area (Å²) in [5.41, 5.74) is 1.48. The Kier molecular flexibility index (Phi) is 2.60. The van der Waals surface area contributed by atoms with Crippen molar-refractivity contribution in [3.05, 3.63) is 29.3 Å². The third-order valence-electron chi connectivity index (χ3n) is 2.50. The van der Waals surface area contributed by atoms with Crippen LogP contribution in [0.3, 0.4) is 0 Å². The van der Waals surface area contributed by atoms with Gasteiger partial charge in [0.15, 0.2) is 6.10 Å². The average Bonchev–Trinajstić information content (AvgIpc) is 2.74. The summed E-state index contributed by atoms with van der Waals surface area (Å²) in [6.07, 6.45) is -0.494. The van der Waals surface area contributed by atoms with Gasteiger partial charge in [0.1, 0.15) is 5.75 Å². The lowest BCUT2D eigenvalue weighted by atomic mass is 10.0. The summed E-state index contributed by atoms with van der Waals surface area (Å²) in [6, 6.07) is 5.30. The quantitative estimate of drug-likeness (QED) is 0.731. The predicted molar refractivity (Wildman–Crippen MR) is 52.6 cm³/mol. The van der Waals surface area contributed by atoms with Crippen LogP contribution >= 0.6 is 0 Å². The molecule has 1 aromatic rings. The first-order valence-electron chi connectivity index (χ1n) is 4.74. The zero-order valence-corrected chi connectivity index (χ0v) is 8.40. The zero-order chi connectivity index (χ0) is 10.8. The van der Waals surface area contributed by atoms with Gasteiger partial charge in [-0.15, -0.1) is 0 Å². The molecule has 1 heterocycles. The van der Waals surface area contributed by atoms with Crippen molar-refractivity contribution >= 4 is 5.97 Å². The second kappa shape index (κ2) is 3.90. The van der Waals surface area contributed by atoms with E-state index in [0.29, 0.717) is 12.2 Å². The molecule has 15 heavy (non-hydrogen) atoms. The number of hydrogen-bond acceptors (Lipinski definition) is 4. The van der Waals surface area contributed by atoms with E-state index in [2.05, 4.69) is 4.74 Å². The summed E-state index contributed by atoms with van der Waals surface area (Å²) in [4.78, 5) is 11.2. The zero-order valence-electron chi connectivity index (χ0n) is 8.40.